The van der Waals surface area contributed by atoms with E-state index in [0.717, 1.165) is 17.9 Å². The minimum Gasteiger partial charge on any atom is -0.466 e. The van der Waals surface area contributed by atoms with Crippen molar-refractivity contribution in [1.82, 2.24) is 0 Å². The van der Waals surface area contributed by atoms with Gasteiger partial charge in [0.1, 0.15) is 5.76 Å². The lowest BCUT2D eigenvalue weighted by Gasteiger charge is -2.19. The largest absolute Gasteiger partial charge is 0.466 e. The molecule has 11 heavy (non-hydrogen) atoms. The molecule has 0 aromatic heterocycles. The Kier molecular flexibility index (Phi) is 2.38. The first kappa shape index (κ1) is 8.38. The van der Waals surface area contributed by atoms with Gasteiger partial charge in [0.2, 0.25) is 0 Å². The van der Waals surface area contributed by atoms with E-state index in [0.29, 0.717) is 5.92 Å². The summed E-state index contributed by atoms with van der Waals surface area (Å²) in [5.41, 5.74) is 1.34. The Balaban J connectivity index is 2.67. The van der Waals surface area contributed by atoms with E-state index in [4.69, 9.17) is 4.74 Å². The zero-order chi connectivity index (χ0) is 8.43. The Morgan fingerprint density at radius 3 is 2.45 bits per heavy atom. The van der Waals surface area contributed by atoms with Crippen LogP contribution in [0.2, 0.25) is 0 Å². The molecule has 0 atom stereocenters. The molecule has 1 heteroatoms. The van der Waals surface area contributed by atoms with Gasteiger partial charge in [0.15, 0.2) is 0 Å². The second kappa shape index (κ2) is 3.12. The third kappa shape index (κ3) is 1.86. The van der Waals surface area contributed by atoms with Crippen molar-refractivity contribution < 1.29 is 4.74 Å². The third-order valence-corrected chi connectivity index (χ3v) is 2.05. The van der Waals surface area contributed by atoms with Crippen LogP contribution in [0.5, 0.6) is 0 Å². The van der Waals surface area contributed by atoms with Crippen LogP contribution in [0.1, 0.15) is 34.1 Å². The van der Waals surface area contributed by atoms with Gasteiger partial charge < -0.3 is 4.74 Å². The van der Waals surface area contributed by atoms with Crippen LogP contribution < -0.4 is 0 Å². The average Bonchev–Trinajstić information content (AvgIpc) is 1.94. The van der Waals surface area contributed by atoms with Crippen molar-refractivity contribution in [3.8, 4) is 0 Å². The van der Waals surface area contributed by atoms with E-state index in [1.165, 1.54) is 5.57 Å². The number of hydrogen-bond acceptors (Lipinski definition) is 1. The molecular formula is C10H16O. The van der Waals surface area contributed by atoms with Crippen LogP contribution in [0.4, 0.5) is 0 Å². The maximum Gasteiger partial charge on any atom is 0.102 e. The normalized spacial score (nSPS) is 18.5. The summed E-state index contributed by atoms with van der Waals surface area (Å²) in [5.74, 6) is 2.71. The molecule has 0 aromatic carbocycles. The molecule has 0 N–H and O–H groups in total. The topological polar surface area (TPSA) is 9.23 Å². The Morgan fingerprint density at radius 2 is 2.00 bits per heavy atom. The Morgan fingerprint density at radius 1 is 1.36 bits per heavy atom. The van der Waals surface area contributed by atoms with Crippen LogP contribution in [0.15, 0.2) is 23.2 Å². The van der Waals surface area contributed by atoms with E-state index in [-0.39, 0.29) is 0 Å². The zero-order valence-electron chi connectivity index (χ0n) is 7.77. The summed E-state index contributed by atoms with van der Waals surface area (Å²) < 4.78 is 5.60. The molecule has 0 amide bonds. The lowest BCUT2D eigenvalue weighted by molar-refractivity contribution is 0.255. The highest BCUT2D eigenvalue weighted by Crippen LogP contribution is 2.24. The van der Waals surface area contributed by atoms with Gasteiger partial charge in [0.25, 0.3) is 0 Å². The standard InChI is InChI=1S/C10H16O/c1-7(2)10-6-5-8(3)9(4)11-10/h6-7H,5H2,1-4H3. The van der Waals surface area contributed by atoms with E-state index in [2.05, 4.69) is 26.8 Å². The van der Waals surface area contributed by atoms with Gasteiger partial charge in [-0.25, -0.2) is 0 Å². The summed E-state index contributed by atoms with van der Waals surface area (Å²) in [7, 11) is 0. The van der Waals surface area contributed by atoms with Gasteiger partial charge in [-0.1, -0.05) is 13.8 Å². The van der Waals surface area contributed by atoms with Crippen LogP contribution in [0.25, 0.3) is 0 Å². The molecular weight excluding hydrogens is 136 g/mol. The van der Waals surface area contributed by atoms with Crippen LogP contribution in [0, 0.1) is 5.92 Å². The maximum atomic E-state index is 5.60. The second-order valence-electron chi connectivity index (χ2n) is 3.40. The molecule has 0 aromatic rings. The highest BCUT2D eigenvalue weighted by Gasteiger charge is 2.11. The fourth-order valence-electron chi connectivity index (χ4n) is 1.06. The Hall–Kier alpha value is -0.720. The minimum absolute atomic E-state index is 0.512. The number of rotatable bonds is 1. The molecule has 0 aliphatic carbocycles. The monoisotopic (exact) mass is 152 g/mol. The van der Waals surface area contributed by atoms with Crippen LogP contribution in [0.3, 0.4) is 0 Å². The molecule has 0 radical (unpaired) electrons. The maximum absolute atomic E-state index is 5.60. The van der Waals surface area contributed by atoms with Crippen LogP contribution >= 0.6 is 0 Å². The molecule has 0 saturated carbocycles. The summed E-state index contributed by atoms with van der Waals surface area (Å²) in [4.78, 5) is 0. The SMILES string of the molecule is CC1=C(C)OC(C(C)C)=CC1. The fraction of sp³-hybridized carbons (Fsp3) is 0.600. The molecule has 0 spiro atoms. The van der Waals surface area contributed by atoms with Crippen molar-refractivity contribution in [3.05, 3.63) is 23.2 Å². The van der Waals surface area contributed by atoms with Crippen molar-refractivity contribution in [2.75, 3.05) is 0 Å². The molecule has 62 valence electrons. The molecule has 1 rings (SSSR count). The summed E-state index contributed by atoms with van der Waals surface area (Å²) in [6.07, 6.45) is 3.23. The van der Waals surface area contributed by atoms with Gasteiger partial charge in [-0.2, -0.15) is 0 Å². The first-order chi connectivity index (χ1) is 5.11. The molecule has 1 aliphatic heterocycles. The van der Waals surface area contributed by atoms with Gasteiger partial charge in [-0.05, 0) is 31.9 Å². The molecule has 0 unspecified atom stereocenters. The summed E-state index contributed by atoms with van der Waals surface area (Å²) in [5, 5.41) is 0. The van der Waals surface area contributed by atoms with Crippen molar-refractivity contribution in [2.24, 2.45) is 5.92 Å². The molecule has 0 bridgehead atoms. The van der Waals surface area contributed by atoms with Gasteiger partial charge in [-0.3, -0.25) is 0 Å². The lowest BCUT2D eigenvalue weighted by Crippen LogP contribution is -2.04. The van der Waals surface area contributed by atoms with E-state index in [1.807, 2.05) is 6.92 Å². The second-order valence-corrected chi connectivity index (χ2v) is 3.40. The number of allylic oxidation sites excluding steroid dienone is 4. The van der Waals surface area contributed by atoms with Gasteiger partial charge in [-0.15, -0.1) is 0 Å². The Bertz CT molecular complexity index is 209. The van der Waals surface area contributed by atoms with Gasteiger partial charge >= 0.3 is 0 Å². The average molecular weight is 152 g/mol. The smallest absolute Gasteiger partial charge is 0.102 e. The molecule has 1 nitrogen and oxygen atoms in total. The van der Waals surface area contributed by atoms with E-state index >= 15 is 0 Å². The Labute approximate surface area is 68.8 Å². The summed E-state index contributed by atoms with van der Waals surface area (Å²) in [6.45, 7) is 8.45. The molecule has 0 fully saturated rings. The predicted molar refractivity (Wildman–Crippen MR) is 47.0 cm³/mol. The van der Waals surface area contributed by atoms with E-state index in [9.17, 15) is 0 Å². The van der Waals surface area contributed by atoms with Crippen LogP contribution in [-0.2, 0) is 4.74 Å². The quantitative estimate of drug-likeness (QED) is 0.560. The van der Waals surface area contributed by atoms with E-state index in [1.54, 1.807) is 0 Å². The summed E-state index contributed by atoms with van der Waals surface area (Å²) >= 11 is 0. The summed E-state index contributed by atoms with van der Waals surface area (Å²) in [6, 6.07) is 0. The van der Waals surface area contributed by atoms with Crippen molar-refractivity contribution >= 4 is 0 Å². The van der Waals surface area contributed by atoms with Crippen molar-refractivity contribution in [1.29, 1.82) is 0 Å². The predicted octanol–water partition coefficient (Wildman–Crippen LogP) is 3.24. The van der Waals surface area contributed by atoms with Crippen molar-refractivity contribution in [3.63, 3.8) is 0 Å². The highest BCUT2D eigenvalue weighted by atomic mass is 16.5. The zero-order valence-corrected chi connectivity index (χ0v) is 7.77. The van der Waals surface area contributed by atoms with Gasteiger partial charge in [0, 0.05) is 5.92 Å². The number of ether oxygens (including phenoxy) is 1. The molecule has 0 saturated heterocycles. The van der Waals surface area contributed by atoms with E-state index < -0.39 is 0 Å². The van der Waals surface area contributed by atoms with Gasteiger partial charge in [0.05, 0.1) is 5.76 Å². The van der Waals surface area contributed by atoms with Crippen LogP contribution in [-0.4, -0.2) is 0 Å². The minimum atomic E-state index is 0.512. The number of hydrogen-bond donors (Lipinski definition) is 0. The third-order valence-electron chi connectivity index (χ3n) is 2.05. The molecule has 1 aliphatic rings. The lowest BCUT2D eigenvalue weighted by atomic mass is 10.1. The van der Waals surface area contributed by atoms with Crippen molar-refractivity contribution in [2.45, 2.75) is 34.1 Å². The first-order valence-corrected chi connectivity index (χ1v) is 4.15. The first-order valence-electron chi connectivity index (χ1n) is 4.15. The highest BCUT2D eigenvalue weighted by molar-refractivity contribution is 5.17. The fourth-order valence-corrected chi connectivity index (χ4v) is 1.06. The molecule has 1 heterocycles.